The minimum atomic E-state index is 0.0362. The Balaban J connectivity index is 2.29. The predicted molar refractivity (Wildman–Crippen MR) is 67.6 cm³/mol. The Labute approximate surface area is 105 Å². The second-order valence-corrected chi connectivity index (χ2v) is 3.87. The molecule has 2 rings (SSSR count). The van der Waals surface area contributed by atoms with E-state index in [9.17, 15) is 0 Å². The van der Waals surface area contributed by atoms with Crippen LogP contribution >= 0.6 is 0 Å². The Bertz CT molecular complexity index is 549. The average Bonchev–Trinajstić information content (AvgIpc) is 2.87. The summed E-state index contributed by atoms with van der Waals surface area (Å²) in [6, 6.07) is 7.26. The maximum Gasteiger partial charge on any atom is 0.232 e. The summed E-state index contributed by atoms with van der Waals surface area (Å²) in [5, 5.41) is 11.6. The van der Waals surface area contributed by atoms with Crippen LogP contribution in [0.25, 0.3) is 11.4 Å². The van der Waals surface area contributed by atoms with Crippen LogP contribution < -0.4 is 0 Å². The summed E-state index contributed by atoms with van der Waals surface area (Å²) in [5.41, 5.74) is 1.85. The molecular formula is C13H15N3O2. The topological polar surface area (TPSA) is 72.0 Å². The second kappa shape index (κ2) is 5.44. The van der Waals surface area contributed by atoms with Crippen LogP contribution in [0.1, 0.15) is 24.8 Å². The lowest BCUT2D eigenvalue weighted by Crippen LogP contribution is -2.04. The molecule has 0 aromatic carbocycles. The van der Waals surface area contributed by atoms with Crippen molar-refractivity contribution >= 4 is 5.90 Å². The van der Waals surface area contributed by atoms with Gasteiger partial charge in [-0.25, -0.2) is 4.98 Å². The Hall–Kier alpha value is -2.17. The van der Waals surface area contributed by atoms with Crippen LogP contribution in [-0.2, 0) is 11.2 Å². The Morgan fingerprint density at radius 1 is 1.39 bits per heavy atom. The first-order valence-corrected chi connectivity index (χ1v) is 5.80. The van der Waals surface area contributed by atoms with Crippen molar-refractivity contribution in [1.82, 2.24) is 10.1 Å². The van der Waals surface area contributed by atoms with E-state index in [0.717, 1.165) is 18.6 Å². The molecule has 2 heterocycles. The molecular weight excluding hydrogens is 230 g/mol. The zero-order valence-electron chi connectivity index (χ0n) is 10.4. The van der Waals surface area contributed by atoms with E-state index in [1.165, 1.54) is 7.11 Å². The van der Waals surface area contributed by atoms with Crippen molar-refractivity contribution < 1.29 is 9.26 Å². The number of nitrogens with zero attached hydrogens (tertiary/aromatic N) is 2. The van der Waals surface area contributed by atoms with E-state index in [2.05, 4.69) is 17.1 Å². The summed E-state index contributed by atoms with van der Waals surface area (Å²) >= 11 is 0. The highest BCUT2D eigenvalue weighted by molar-refractivity contribution is 5.89. The molecule has 0 aliphatic heterocycles. The SMILES string of the molecule is CCCc1cc(-c2cccc(C(=N)OC)n2)no1. The molecule has 2 aromatic heterocycles. The number of pyridine rings is 1. The molecule has 0 fully saturated rings. The summed E-state index contributed by atoms with van der Waals surface area (Å²) < 4.78 is 10.1. The van der Waals surface area contributed by atoms with Crippen molar-refractivity contribution in [3.8, 4) is 11.4 Å². The first kappa shape index (κ1) is 12.3. The molecule has 0 aliphatic carbocycles. The number of rotatable bonds is 4. The van der Waals surface area contributed by atoms with Crippen LogP contribution in [0.3, 0.4) is 0 Å². The molecule has 0 atom stereocenters. The highest BCUT2D eigenvalue weighted by Crippen LogP contribution is 2.18. The van der Waals surface area contributed by atoms with Gasteiger partial charge in [0, 0.05) is 12.5 Å². The molecule has 0 saturated heterocycles. The lowest BCUT2D eigenvalue weighted by molar-refractivity contribution is 0.384. The predicted octanol–water partition coefficient (Wildman–Crippen LogP) is 2.66. The third-order valence-electron chi connectivity index (χ3n) is 2.50. The Morgan fingerprint density at radius 3 is 2.94 bits per heavy atom. The fourth-order valence-electron chi connectivity index (χ4n) is 1.61. The van der Waals surface area contributed by atoms with E-state index in [1.54, 1.807) is 6.07 Å². The summed E-state index contributed by atoms with van der Waals surface area (Å²) in [5.74, 6) is 0.885. The summed E-state index contributed by atoms with van der Waals surface area (Å²) in [6.07, 6.45) is 1.87. The zero-order valence-corrected chi connectivity index (χ0v) is 10.4. The minimum Gasteiger partial charge on any atom is -0.480 e. The van der Waals surface area contributed by atoms with Crippen molar-refractivity contribution in [1.29, 1.82) is 5.41 Å². The van der Waals surface area contributed by atoms with E-state index < -0.39 is 0 Å². The molecule has 0 unspecified atom stereocenters. The van der Waals surface area contributed by atoms with Gasteiger partial charge < -0.3 is 9.26 Å². The molecule has 0 amide bonds. The largest absolute Gasteiger partial charge is 0.480 e. The van der Waals surface area contributed by atoms with Gasteiger partial charge in [-0.15, -0.1) is 0 Å². The number of hydrogen-bond acceptors (Lipinski definition) is 5. The maximum absolute atomic E-state index is 7.58. The molecule has 0 bridgehead atoms. The molecule has 5 heteroatoms. The van der Waals surface area contributed by atoms with Crippen LogP contribution in [0.15, 0.2) is 28.8 Å². The Morgan fingerprint density at radius 2 is 2.22 bits per heavy atom. The van der Waals surface area contributed by atoms with Gasteiger partial charge in [-0.1, -0.05) is 18.1 Å². The number of aryl methyl sites for hydroxylation is 1. The van der Waals surface area contributed by atoms with Crippen molar-refractivity contribution in [2.75, 3.05) is 7.11 Å². The van der Waals surface area contributed by atoms with Crippen molar-refractivity contribution in [3.63, 3.8) is 0 Å². The summed E-state index contributed by atoms with van der Waals surface area (Å²) in [7, 11) is 1.45. The maximum atomic E-state index is 7.58. The molecule has 94 valence electrons. The molecule has 0 radical (unpaired) electrons. The van der Waals surface area contributed by atoms with Gasteiger partial charge in [0.15, 0.2) is 0 Å². The van der Waals surface area contributed by atoms with Crippen molar-refractivity contribution in [2.24, 2.45) is 0 Å². The van der Waals surface area contributed by atoms with Crippen LogP contribution in [0, 0.1) is 5.41 Å². The zero-order chi connectivity index (χ0) is 13.0. The lowest BCUT2D eigenvalue weighted by Gasteiger charge is -2.02. The molecule has 0 aliphatic rings. The quantitative estimate of drug-likeness (QED) is 0.664. The number of hydrogen-bond donors (Lipinski definition) is 1. The van der Waals surface area contributed by atoms with Gasteiger partial charge in [0.2, 0.25) is 5.90 Å². The van der Waals surface area contributed by atoms with Crippen LogP contribution in [0.2, 0.25) is 0 Å². The number of aromatic nitrogens is 2. The second-order valence-electron chi connectivity index (χ2n) is 3.87. The average molecular weight is 245 g/mol. The summed E-state index contributed by atoms with van der Waals surface area (Å²) in [6.45, 7) is 2.08. The number of ether oxygens (including phenoxy) is 1. The Kier molecular flexibility index (Phi) is 3.72. The van der Waals surface area contributed by atoms with E-state index in [-0.39, 0.29) is 5.90 Å². The third kappa shape index (κ3) is 2.56. The molecule has 2 aromatic rings. The van der Waals surface area contributed by atoms with Gasteiger partial charge in [0.25, 0.3) is 0 Å². The van der Waals surface area contributed by atoms with E-state index in [4.69, 9.17) is 14.7 Å². The van der Waals surface area contributed by atoms with Crippen molar-refractivity contribution in [3.05, 3.63) is 35.7 Å². The molecule has 1 N–H and O–H groups in total. The first-order chi connectivity index (χ1) is 8.74. The number of methoxy groups -OCH3 is 1. The van der Waals surface area contributed by atoms with Gasteiger partial charge in [-0.05, 0) is 18.6 Å². The number of nitrogens with one attached hydrogen (secondary N) is 1. The smallest absolute Gasteiger partial charge is 0.232 e. The molecule has 0 spiro atoms. The molecule has 0 saturated carbocycles. The van der Waals surface area contributed by atoms with Gasteiger partial charge in [0.1, 0.15) is 17.1 Å². The third-order valence-corrected chi connectivity index (χ3v) is 2.50. The molecule has 5 nitrogen and oxygen atoms in total. The highest BCUT2D eigenvalue weighted by Gasteiger charge is 2.09. The van der Waals surface area contributed by atoms with Crippen molar-refractivity contribution in [2.45, 2.75) is 19.8 Å². The summed E-state index contributed by atoms with van der Waals surface area (Å²) in [4.78, 5) is 4.32. The fraction of sp³-hybridized carbons (Fsp3) is 0.308. The first-order valence-electron chi connectivity index (χ1n) is 5.80. The normalized spacial score (nSPS) is 10.3. The highest BCUT2D eigenvalue weighted by atomic mass is 16.5. The van der Waals surface area contributed by atoms with E-state index >= 15 is 0 Å². The van der Waals surface area contributed by atoms with Gasteiger partial charge in [-0.3, -0.25) is 5.41 Å². The van der Waals surface area contributed by atoms with Crippen LogP contribution in [0.4, 0.5) is 0 Å². The van der Waals surface area contributed by atoms with Gasteiger partial charge in [0.05, 0.1) is 12.8 Å². The van der Waals surface area contributed by atoms with Gasteiger partial charge >= 0.3 is 0 Å². The van der Waals surface area contributed by atoms with E-state index in [1.807, 2.05) is 18.2 Å². The van der Waals surface area contributed by atoms with Crippen LogP contribution in [-0.4, -0.2) is 23.1 Å². The monoisotopic (exact) mass is 245 g/mol. The fourth-order valence-corrected chi connectivity index (χ4v) is 1.61. The molecule has 18 heavy (non-hydrogen) atoms. The minimum absolute atomic E-state index is 0.0362. The standard InChI is InChI=1S/C13H15N3O2/c1-3-5-9-8-12(16-18-9)10-6-4-7-11(15-10)13(14)17-2/h4,6-8,14H,3,5H2,1-2H3. The van der Waals surface area contributed by atoms with Gasteiger partial charge in [-0.2, -0.15) is 0 Å². The van der Waals surface area contributed by atoms with E-state index in [0.29, 0.717) is 17.1 Å². The lowest BCUT2D eigenvalue weighted by atomic mass is 10.2. The van der Waals surface area contributed by atoms with Crippen LogP contribution in [0.5, 0.6) is 0 Å².